The number of Topliss-reactive ketones (excluding diaryl/α,β-unsaturated/α-hetero) is 1. The van der Waals surface area contributed by atoms with Crippen LogP contribution < -0.4 is 0 Å². The van der Waals surface area contributed by atoms with Crippen molar-refractivity contribution in [1.29, 1.82) is 0 Å². The second-order valence-electron chi connectivity index (χ2n) is 9.81. The maximum Gasteiger partial charge on any atom is 0.303 e. The number of fused-ring (bicyclic) bond motifs is 5. The normalized spacial score (nSPS) is 43.0. The van der Waals surface area contributed by atoms with Crippen molar-refractivity contribution in [2.75, 3.05) is 0 Å². The molecule has 0 N–H and O–H groups in total. The van der Waals surface area contributed by atoms with E-state index in [1.54, 1.807) is 12.2 Å². The van der Waals surface area contributed by atoms with Crippen LogP contribution in [-0.2, 0) is 19.1 Å². The van der Waals surface area contributed by atoms with Gasteiger partial charge in [0.25, 0.3) is 0 Å². The first kappa shape index (κ1) is 20.1. The van der Waals surface area contributed by atoms with E-state index in [-0.39, 0.29) is 28.8 Å². The molecular weight excluding hydrogens is 364 g/mol. The molecule has 0 aromatic carbocycles. The smallest absolute Gasteiger partial charge is 0.303 e. The van der Waals surface area contributed by atoms with Crippen molar-refractivity contribution >= 4 is 17.5 Å². The summed E-state index contributed by atoms with van der Waals surface area (Å²) in [5, 5.41) is 0. The van der Waals surface area contributed by atoms with E-state index >= 15 is 0 Å². The van der Waals surface area contributed by atoms with E-state index in [9.17, 15) is 14.4 Å². The number of ether oxygens (including phenoxy) is 1. The summed E-state index contributed by atoms with van der Waals surface area (Å²) >= 11 is 0. The lowest BCUT2D eigenvalue weighted by Gasteiger charge is -2.56. The van der Waals surface area contributed by atoms with Crippen LogP contribution in [0.25, 0.3) is 0 Å². The Labute approximate surface area is 172 Å². The van der Waals surface area contributed by atoms with Gasteiger partial charge in [-0.05, 0) is 74.2 Å². The van der Waals surface area contributed by atoms with E-state index in [1.165, 1.54) is 13.8 Å². The molecule has 4 aliphatic carbocycles. The Balaban J connectivity index is 1.85. The minimum atomic E-state index is -1.24. The highest BCUT2D eigenvalue weighted by atomic mass is 16.6. The number of rotatable bonds is 2. The average Bonchev–Trinajstić information content (AvgIpc) is 2.85. The van der Waals surface area contributed by atoms with Crippen molar-refractivity contribution in [2.24, 2.45) is 28.6 Å². The summed E-state index contributed by atoms with van der Waals surface area (Å²) in [5.41, 5.74) is 1.05. The predicted molar refractivity (Wildman–Crippen MR) is 111 cm³/mol. The van der Waals surface area contributed by atoms with Crippen LogP contribution in [0, 0.1) is 28.6 Å². The molecular formula is C25H30O4. The Morgan fingerprint density at radius 3 is 2.52 bits per heavy atom. The molecule has 3 unspecified atom stereocenters. The summed E-state index contributed by atoms with van der Waals surface area (Å²) in [6.45, 7) is 13.5. The quantitative estimate of drug-likeness (QED) is 0.510. The highest BCUT2D eigenvalue weighted by molar-refractivity contribution is 6.02. The number of carbonyl (C=O) groups is 3. The van der Waals surface area contributed by atoms with Crippen LogP contribution >= 0.6 is 0 Å². The summed E-state index contributed by atoms with van der Waals surface area (Å²) in [6, 6.07) is 0. The first-order valence-corrected chi connectivity index (χ1v) is 10.5. The molecule has 0 heterocycles. The third kappa shape index (κ3) is 2.41. The zero-order chi connectivity index (χ0) is 21.4. The van der Waals surface area contributed by atoms with Gasteiger partial charge in [0.05, 0.1) is 0 Å². The van der Waals surface area contributed by atoms with Gasteiger partial charge in [-0.3, -0.25) is 14.4 Å². The van der Waals surface area contributed by atoms with Crippen molar-refractivity contribution < 1.29 is 19.1 Å². The van der Waals surface area contributed by atoms with E-state index < -0.39 is 17.0 Å². The Hall–Kier alpha value is -2.23. The number of hydrogen-bond acceptors (Lipinski definition) is 4. The Morgan fingerprint density at radius 2 is 1.90 bits per heavy atom. The number of esters is 1. The molecule has 6 atom stereocenters. The number of ketones is 2. The fraction of sp³-hybridized carbons (Fsp3) is 0.560. The van der Waals surface area contributed by atoms with E-state index in [0.717, 1.165) is 29.6 Å². The monoisotopic (exact) mass is 394 g/mol. The van der Waals surface area contributed by atoms with Crippen molar-refractivity contribution in [3.63, 3.8) is 0 Å². The molecule has 2 fully saturated rings. The third-order valence-corrected chi connectivity index (χ3v) is 8.38. The zero-order valence-corrected chi connectivity index (χ0v) is 18.0. The van der Waals surface area contributed by atoms with Gasteiger partial charge in [-0.1, -0.05) is 38.2 Å². The van der Waals surface area contributed by atoms with Crippen LogP contribution in [0.1, 0.15) is 53.9 Å². The molecule has 0 bridgehead atoms. The largest absolute Gasteiger partial charge is 0.446 e. The van der Waals surface area contributed by atoms with Gasteiger partial charge in [-0.25, -0.2) is 0 Å². The minimum Gasteiger partial charge on any atom is -0.446 e. The molecule has 4 rings (SSSR count). The molecule has 154 valence electrons. The van der Waals surface area contributed by atoms with Gasteiger partial charge >= 0.3 is 5.97 Å². The summed E-state index contributed by atoms with van der Waals surface area (Å²) in [5.74, 6) is 0.217. The lowest BCUT2D eigenvalue weighted by atomic mass is 9.48. The van der Waals surface area contributed by atoms with Crippen molar-refractivity contribution in [1.82, 2.24) is 0 Å². The van der Waals surface area contributed by atoms with Gasteiger partial charge < -0.3 is 4.74 Å². The fourth-order valence-electron chi connectivity index (χ4n) is 7.14. The number of allylic oxidation sites excluding steroid dienone is 6. The molecule has 4 aliphatic rings. The van der Waals surface area contributed by atoms with E-state index in [0.29, 0.717) is 12.3 Å². The van der Waals surface area contributed by atoms with E-state index in [2.05, 4.69) is 39.5 Å². The lowest BCUT2D eigenvalue weighted by molar-refractivity contribution is -0.179. The average molecular weight is 395 g/mol. The minimum absolute atomic E-state index is 0.0454. The van der Waals surface area contributed by atoms with Gasteiger partial charge in [0.1, 0.15) is 0 Å². The molecule has 0 radical (unpaired) electrons. The lowest BCUT2D eigenvalue weighted by Crippen LogP contribution is -2.58. The molecule has 2 saturated carbocycles. The van der Waals surface area contributed by atoms with E-state index in [1.807, 2.05) is 0 Å². The second-order valence-corrected chi connectivity index (χ2v) is 9.81. The maximum absolute atomic E-state index is 12.9. The van der Waals surface area contributed by atoms with Crippen LogP contribution in [0.15, 0.2) is 47.6 Å². The molecule has 0 aliphatic heterocycles. The summed E-state index contributed by atoms with van der Waals surface area (Å²) in [4.78, 5) is 36.9. The van der Waals surface area contributed by atoms with Crippen molar-refractivity contribution in [3.8, 4) is 0 Å². The fourth-order valence-corrected chi connectivity index (χ4v) is 7.14. The Bertz CT molecular complexity index is 934. The van der Waals surface area contributed by atoms with Crippen molar-refractivity contribution in [2.45, 2.75) is 59.5 Å². The maximum atomic E-state index is 12.9. The highest BCUT2D eigenvalue weighted by Gasteiger charge is 2.69. The van der Waals surface area contributed by atoms with Gasteiger partial charge in [0, 0.05) is 17.8 Å². The highest BCUT2D eigenvalue weighted by Crippen LogP contribution is 2.68. The van der Waals surface area contributed by atoms with Crippen LogP contribution in [0.2, 0.25) is 0 Å². The molecule has 0 spiro atoms. The molecule has 0 amide bonds. The Morgan fingerprint density at radius 1 is 1.21 bits per heavy atom. The zero-order valence-electron chi connectivity index (χ0n) is 18.0. The SMILES string of the molecule is C=C1CC2C3C=C(C)C4=CC(=O)C=C[C@]4(C)C3CC[C@]2(C)[C@@]1(OC(C)=O)C(C)=O. The molecule has 4 nitrogen and oxygen atoms in total. The van der Waals surface area contributed by atoms with Gasteiger partial charge in [0.2, 0.25) is 0 Å². The third-order valence-electron chi connectivity index (χ3n) is 8.38. The van der Waals surface area contributed by atoms with Crippen LogP contribution in [0.4, 0.5) is 0 Å². The first-order chi connectivity index (χ1) is 13.5. The summed E-state index contributed by atoms with van der Waals surface area (Å²) in [7, 11) is 0. The molecule has 0 aromatic rings. The topological polar surface area (TPSA) is 60.4 Å². The predicted octanol–water partition coefficient (Wildman–Crippen LogP) is 4.52. The van der Waals surface area contributed by atoms with Crippen LogP contribution in [0.5, 0.6) is 0 Å². The van der Waals surface area contributed by atoms with Gasteiger partial charge in [-0.2, -0.15) is 0 Å². The van der Waals surface area contributed by atoms with E-state index in [4.69, 9.17) is 4.74 Å². The standard InChI is InChI=1S/C25H30O4/c1-14-11-19-20(23(5)9-7-18(28)13-21(14)23)8-10-24(6)22(19)12-15(2)25(24,16(3)26)29-17(4)27/h7,9,11,13,19-20,22H,2,8,10,12H2,1,3-6H3/t19?,20?,22?,23-,24+,25+/m1/s1. The molecule has 29 heavy (non-hydrogen) atoms. The molecule has 4 heteroatoms. The van der Waals surface area contributed by atoms with Crippen LogP contribution in [-0.4, -0.2) is 23.1 Å². The number of hydrogen-bond donors (Lipinski definition) is 0. The van der Waals surface area contributed by atoms with Gasteiger partial charge in [0.15, 0.2) is 17.2 Å². The Kier molecular flexibility index (Phi) is 4.24. The summed E-state index contributed by atoms with van der Waals surface area (Å²) in [6.07, 6.45) is 10.2. The first-order valence-electron chi connectivity index (χ1n) is 10.5. The molecule has 0 aromatic heterocycles. The van der Waals surface area contributed by atoms with Crippen molar-refractivity contribution in [3.05, 3.63) is 47.6 Å². The second kappa shape index (κ2) is 6.13. The molecule has 0 saturated heterocycles. The van der Waals surface area contributed by atoms with Crippen LogP contribution in [0.3, 0.4) is 0 Å². The summed E-state index contributed by atoms with van der Waals surface area (Å²) < 4.78 is 5.82. The van der Waals surface area contributed by atoms with Gasteiger partial charge in [-0.15, -0.1) is 0 Å². The number of carbonyl (C=O) groups excluding carboxylic acids is 3.